The molecule has 0 spiro atoms. The highest BCUT2D eigenvalue weighted by Crippen LogP contribution is 2.32. The fourth-order valence-corrected chi connectivity index (χ4v) is 4.80. The summed E-state index contributed by atoms with van der Waals surface area (Å²) in [5, 5.41) is 0.705. The van der Waals surface area contributed by atoms with Gasteiger partial charge in [0.05, 0.1) is 12.1 Å². The van der Waals surface area contributed by atoms with Crippen molar-refractivity contribution in [1.29, 1.82) is 0 Å². The van der Waals surface area contributed by atoms with Gasteiger partial charge < -0.3 is 4.90 Å². The van der Waals surface area contributed by atoms with E-state index in [0.717, 1.165) is 62.5 Å². The van der Waals surface area contributed by atoms with Gasteiger partial charge in [0.15, 0.2) is 0 Å². The van der Waals surface area contributed by atoms with Gasteiger partial charge in [-0.2, -0.15) is 0 Å². The van der Waals surface area contributed by atoms with Crippen molar-refractivity contribution in [2.24, 2.45) is 4.99 Å². The number of guanidine groups is 1. The molecule has 3 heterocycles. The van der Waals surface area contributed by atoms with Crippen LogP contribution in [0.2, 0.25) is 5.02 Å². The molecule has 6 heteroatoms. The molecule has 0 unspecified atom stereocenters. The quantitative estimate of drug-likeness (QED) is 0.720. The third kappa shape index (κ3) is 4.25. The first-order valence-corrected chi connectivity index (χ1v) is 11.4. The lowest BCUT2D eigenvalue weighted by Crippen LogP contribution is -2.55. The average molecular weight is 435 g/mol. The van der Waals surface area contributed by atoms with Gasteiger partial charge in [0, 0.05) is 49.9 Å². The van der Waals surface area contributed by atoms with Crippen molar-refractivity contribution in [2.45, 2.75) is 32.4 Å². The number of amides is 1. The monoisotopic (exact) mass is 434 g/mol. The standard InChI is InChI=1S/C25H27ClN4O/c26-21-10-8-20(9-11-21)17-30-24(31)22-18-28(16-19-6-2-1-3-7-19)15-12-23(22)29-14-5-4-13-27-25(29)30/h1-3,6-11H,4-5,12-18H2. The predicted octanol–water partition coefficient (Wildman–Crippen LogP) is 4.29. The highest BCUT2D eigenvalue weighted by molar-refractivity contribution is 6.30. The molecule has 0 atom stereocenters. The first-order chi connectivity index (χ1) is 15.2. The number of hydrogen-bond donors (Lipinski definition) is 0. The van der Waals surface area contributed by atoms with Gasteiger partial charge in [0.1, 0.15) is 0 Å². The van der Waals surface area contributed by atoms with E-state index in [9.17, 15) is 4.79 Å². The number of carbonyl (C=O) groups excluding carboxylic acids is 1. The van der Waals surface area contributed by atoms with Crippen molar-refractivity contribution in [3.05, 3.63) is 82.0 Å². The van der Waals surface area contributed by atoms with Crippen LogP contribution < -0.4 is 0 Å². The number of nitrogens with zero attached hydrogens (tertiary/aromatic N) is 4. The van der Waals surface area contributed by atoms with Crippen molar-refractivity contribution in [3.63, 3.8) is 0 Å². The van der Waals surface area contributed by atoms with E-state index >= 15 is 0 Å². The third-order valence-corrected chi connectivity index (χ3v) is 6.50. The summed E-state index contributed by atoms with van der Waals surface area (Å²) in [5.74, 6) is 0.923. The highest BCUT2D eigenvalue weighted by atomic mass is 35.5. The second-order valence-electron chi connectivity index (χ2n) is 8.43. The van der Waals surface area contributed by atoms with Crippen molar-refractivity contribution in [1.82, 2.24) is 14.7 Å². The summed E-state index contributed by atoms with van der Waals surface area (Å²) in [6.45, 7) is 4.73. The minimum atomic E-state index is 0.0969. The summed E-state index contributed by atoms with van der Waals surface area (Å²) in [7, 11) is 0. The molecule has 5 rings (SSSR count). The van der Waals surface area contributed by atoms with Crippen molar-refractivity contribution >= 4 is 23.5 Å². The Morgan fingerprint density at radius 3 is 2.48 bits per heavy atom. The molecule has 0 saturated carbocycles. The van der Waals surface area contributed by atoms with Gasteiger partial charge in [-0.05, 0) is 36.1 Å². The van der Waals surface area contributed by atoms with Crippen LogP contribution in [0.1, 0.15) is 30.4 Å². The number of rotatable bonds is 4. The Labute approximate surface area is 188 Å². The minimum Gasteiger partial charge on any atom is -0.315 e. The van der Waals surface area contributed by atoms with Crippen LogP contribution in [-0.2, 0) is 17.9 Å². The maximum atomic E-state index is 13.7. The van der Waals surface area contributed by atoms with E-state index in [0.29, 0.717) is 18.1 Å². The number of halogens is 1. The Morgan fingerprint density at radius 2 is 1.68 bits per heavy atom. The Hall–Kier alpha value is -2.63. The summed E-state index contributed by atoms with van der Waals surface area (Å²) in [6.07, 6.45) is 3.05. The van der Waals surface area contributed by atoms with Crippen molar-refractivity contribution in [3.8, 4) is 0 Å². The Balaban J connectivity index is 1.44. The molecule has 0 aliphatic carbocycles. The molecule has 3 aliphatic heterocycles. The minimum absolute atomic E-state index is 0.0969. The molecule has 3 aliphatic rings. The van der Waals surface area contributed by atoms with Crippen LogP contribution in [0.25, 0.3) is 0 Å². The maximum Gasteiger partial charge on any atom is 0.259 e. The maximum absolute atomic E-state index is 13.7. The first-order valence-electron chi connectivity index (χ1n) is 11.1. The molecule has 0 N–H and O–H groups in total. The second-order valence-corrected chi connectivity index (χ2v) is 8.87. The van der Waals surface area contributed by atoms with E-state index in [-0.39, 0.29) is 5.91 Å². The SMILES string of the molecule is O=C1C2=C(CCN(Cc3ccccc3)C2)N2CCCCN=C2N1Cc1ccc(Cl)cc1. The summed E-state index contributed by atoms with van der Waals surface area (Å²) >= 11 is 6.06. The first kappa shape index (κ1) is 20.3. The summed E-state index contributed by atoms with van der Waals surface area (Å²) in [6, 6.07) is 18.2. The second kappa shape index (κ2) is 8.85. The molecule has 0 fully saturated rings. The van der Waals surface area contributed by atoms with Gasteiger partial charge in [0.2, 0.25) is 5.96 Å². The number of fused-ring (bicyclic) bond motifs is 2. The largest absolute Gasteiger partial charge is 0.315 e. The molecule has 160 valence electrons. The molecular weight excluding hydrogens is 408 g/mol. The molecular formula is C25H27ClN4O. The Bertz CT molecular complexity index is 1020. The lowest BCUT2D eigenvalue weighted by Gasteiger charge is -2.43. The molecule has 1 amide bonds. The number of hydrogen-bond acceptors (Lipinski definition) is 4. The molecule has 5 nitrogen and oxygen atoms in total. The van der Waals surface area contributed by atoms with Crippen molar-refractivity contribution in [2.75, 3.05) is 26.2 Å². The smallest absolute Gasteiger partial charge is 0.259 e. The molecule has 0 saturated heterocycles. The normalized spacial score (nSPS) is 19.6. The summed E-state index contributed by atoms with van der Waals surface area (Å²) in [5.41, 5.74) is 4.45. The van der Waals surface area contributed by atoms with E-state index < -0.39 is 0 Å². The molecule has 0 bridgehead atoms. The van der Waals surface area contributed by atoms with Crippen LogP contribution in [0.4, 0.5) is 0 Å². The van der Waals surface area contributed by atoms with E-state index in [1.54, 1.807) is 0 Å². The van der Waals surface area contributed by atoms with Gasteiger partial charge in [-0.25, -0.2) is 0 Å². The summed E-state index contributed by atoms with van der Waals surface area (Å²) < 4.78 is 0. The fraction of sp³-hybridized carbons (Fsp3) is 0.360. The molecule has 2 aromatic carbocycles. The van der Waals surface area contributed by atoms with E-state index in [1.165, 1.54) is 11.3 Å². The van der Waals surface area contributed by atoms with Crippen molar-refractivity contribution < 1.29 is 4.79 Å². The lowest BCUT2D eigenvalue weighted by molar-refractivity contribution is -0.125. The zero-order valence-corrected chi connectivity index (χ0v) is 18.4. The van der Waals surface area contributed by atoms with Crippen LogP contribution in [0, 0.1) is 0 Å². The van der Waals surface area contributed by atoms with Gasteiger partial charge >= 0.3 is 0 Å². The topological polar surface area (TPSA) is 39.2 Å². The highest BCUT2D eigenvalue weighted by Gasteiger charge is 2.39. The molecule has 0 radical (unpaired) electrons. The van der Waals surface area contributed by atoms with Gasteiger partial charge in [-0.3, -0.25) is 19.6 Å². The van der Waals surface area contributed by atoms with E-state index in [4.69, 9.17) is 16.6 Å². The third-order valence-electron chi connectivity index (χ3n) is 6.25. The molecule has 2 aromatic rings. The van der Waals surface area contributed by atoms with Crippen LogP contribution in [0.5, 0.6) is 0 Å². The van der Waals surface area contributed by atoms with E-state index in [1.807, 2.05) is 35.2 Å². The predicted molar refractivity (Wildman–Crippen MR) is 124 cm³/mol. The number of carbonyl (C=O) groups is 1. The number of benzene rings is 2. The zero-order valence-electron chi connectivity index (χ0n) is 17.6. The van der Waals surface area contributed by atoms with Crippen LogP contribution >= 0.6 is 11.6 Å². The fourth-order valence-electron chi connectivity index (χ4n) is 4.68. The Kier molecular flexibility index (Phi) is 5.79. The Morgan fingerprint density at radius 1 is 0.903 bits per heavy atom. The van der Waals surface area contributed by atoms with E-state index in [2.05, 4.69) is 34.1 Å². The molecule has 0 aromatic heterocycles. The number of aliphatic imine (C=N–C) groups is 1. The van der Waals surface area contributed by atoms with Crippen LogP contribution in [0.15, 0.2) is 70.9 Å². The van der Waals surface area contributed by atoms with Gasteiger partial charge in [0.25, 0.3) is 5.91 Å². The molecule has 31 heavy (non-hydrogen) atoms. The zero-order chi connectivity index (χ0) is 21.2. The summed E-state index contributed by atoms with van der Waals surface area (Å²) in [4.78, 5) is 25.1. The average Bonchev–Trinajstić information content (AvgIpc) is 3.05. The van der Waals surface area contributed by atoms with Crippen LogP contribution in [0.3, 0.4) is 0 Å². The lowest BCUT2D eigenvalue weighted by atomic mass is 9.99. The van der Waals surface area contributed by atoms with Gasteiger partial charge in [-0.15, -0.1) is 0 Å². The van der Waals surface area contributed by atoms with Gasteiger partial charge in [-0.1, -0.05) is 54.1 Å². The van der Waals surface area contributed by atoms with Crippen LogP contribution in [-0.4, -0.2) is 52.7 Å².